The fraction of sp³-hybridized carbons (Fsp3) is 0.917. The summed E-state index contributed by atoms with van der Waals surface area (Å²) in [4.78, 5) is 1.74. The zero-order valence-electron chi connectivity index (χ0n) is 10.8. The maximum Gasteiger partial charge on any atom is 0.393 e. The van der Waals surface area contributed by atoms with Crippen LogP contribution in [0.25, 0.3) is 0 Å². The van der Waals surface area contributed by atoms with Crippen molar-refractivity contribution in [2.24, 2.45) is 5.92 Å². The highest BCUT2D eigenvalue weighted by Gasteiger charge is 2.41. The van der Waals surface area contributed by atoms with Crippen molar-refractivity contribution in [3.8, 4) is 6.07 Å². The van der Waals surface area contributed by atoms with Crippen molar-refractivity contribution < 1.29 is 13.2 Å². The van der Waals surface area contributed by atoms with E-state index < -0.39 is 18.1 Å². The summed E-state index contributed by atoms with van der Waals surface area (Å²) >= 11 is 0. The molecule has 1 N–H and O–H groups in total. The van der Waals surface area contributed by atoms with E-state index in [-0.39, 0.29) is 19.0 Å². The largest absolute Gasteiger partial charge is 0.393 e. The lowest BCUT2D eigenvalue weighted by molar-refractivity contribution is -0.186. The quantitative estimate of drug-likeness (QED) is 0.844. The van der Waals surface area contributed by atoms with Crippen molar-refractivity contribution in [3.63, 3.8) is 0 Å². The van der Waals surface area contributed by atoms with Crippen molar-refractivity contribution >= 4 is 0 Å². The minimum atomic E-state index is -4.12. The Labute approximate surface area is 106 Å². The summed E-state index contributed by atoms with van der Waals surface area (Å²) in [6.07, 6.45) is -3.37. The Hall–Kier alpha value is -0.800. The number of alkyl halides is 3. The van der Waals surface area contributed by atoms with Gasteiger partial charge in [0.15, 0.2) is 0 Å². The number of rotatable bonds is 4. The molecule has 104 valence electrons. The van der Waals surface area contributed by atoms with Crippen LogP contribution in [0.2, 0.25) is 0 Å². The van der Waals surface area contributed by atoms with Crippen molar-refractivity contribution in [1.82, 2.24) is 10.2 Å². The van der Waals surface area contributed by atoms with Crippen molar-refractivity contribution in [2.45, 2.75) is 44.9 Å². The summed E-state index contributed by atoms with van der Waals surface area (Å²) in [5.41, 5.74) is 0. The second kappa shape index (κ2) is 6.39. The number of nitriles is 1. The van der Waals surface area contributed by atoms with Crippen LogP contribution in [-0.2, 0) is 0 Å². The molecule has 0 saturated carbocycles. The van der Waals surface area contributed by atoms with Crippen molar-refractivity contribution in [1.29, 1.82) is 5.26 Å². The lowest BCUT2D eigenvalue weighted by Gasteiger charge is -2.34. The predicted molar refractivity (Wildman–Crippen MR) is 62.9 cm³/mol. The summed E-state index contributed by atoms with van der Waals surface area (Å²) in [6.45, 7) is 4.85. The number of hydrogen-bond donors (Lipinski definition) is 1. The summed E-state index contributed by atoms with van der Waals surface area (Å²) in [6, 6.07) is 1.85. The van der Waals surface area contributed by atoms with Gasteiger partial charge in [0.05, 0.1) is 12.0 Å². The van der Waals surface area contributed by atoms with Crippen LogP contribution in [0.3, 0.4) is 0 Å². The first kappa shape index (κ1) is 15.3. The SMILES string of the molecule is CC(C)NC(C#N)CN1CCCC(C(F)(F)F)C1. The third-order valence-electron chi connectivity index (χ3n) is 3.10. The highest BCUT2D eigenvalue weighted by atomic mass is 19.4. The summed E-state index contributed by atoms with van der Waals surface area (Å²) in [5.74, 6) is -1.25. The third kappa shape index (κ3) is 4.83. The second-order valence-electron chi connectivity index (χ2n) is 5.14. The first-order chi connectivity index (χ1) is 8.32. The van der Waals surface area contributed by atoms with Crippen molar-refractivity contribution in [2.75, 3.05) is 19.6 Å². The molecule has 1 saturated heterocycles. The molecule has 3 nitrogen and oxygen atoms in total. The monoisotopic (exact) mass is 263 g/mol. The Morgan fingerprint density at radius 1 is 1.44 bits per heavy atom. The molecule has 0 aromatic heterocycles. The van der Waals surface area contributed by atoms with Crippen LogP contribution in [0, 0.1) is 17.2 Å². The van der Waals surface area contributed by atoms with Gasteiger partial charge in [0.2, 0.25) is 0 Å². The average molecular weight is 263 g/mol. The molecular weight excluding hydrogens is 243 g/mol. The molecule has 0 radical (unpaired) electrons. The van der Waals surface area contributed by atoms with Gasteiger partial charge in [0.25, 0.3) is 0 Å². The van der Waals surface area contributed by atoms with Crippen LogP contribution >= 0.6 is 0 Å². The molecule has 1 aliphatic heterocycles. The van der Waals surface area contributed by atoms with Crippen LogP contribution in [0.4, 0.5) is 13.2 Å². The smallest absolute Gasteiger partial charge is 0.300 e. The topological polar surface area (TPSA) is 39.1 Å². The van der Waals surface area contributed by atoms with E-state index >= 15 is 0 Å². The van der Waals surface area contributed by atoms with Crippen LogP contribution in [0.15, 0.2) is 0 Å². The Bertz CT molecular complexity index is 296. The molecule has 1 aliphatic rings. The average Bonchev–Trinajstić information content (AvgIpc) is 2.26. The number of likely N-dealkylation sites (tertiary alicyclic amines) is 1. The minimum absolute atomic E-state index is 0.0153. The molecule has 1 rings (SSSR count). The Morgan fingerprint density at radius 3 is 2.61 bits per heavy atom. The van der Waals surface area contributed by atoms with Gasteiger partial charge in [-0.3, -0.25) is 5.32 Å². The van der Waals surface area contributed by atoms with Crippen LogP contribution in [0.1, 0.15) is 26.7 Å². The van der Waals surface area contributed by atoms with E-state index in [0.29, 0.717) is 19.5 Å². The maximum absolute atomic E-state index is 12.6. The molecule has 0 amide bonds. The molecule has 0 aliphatic carbocycles. The van der Waals surface area contributed by atoms with E-state index in [1.807, 2.05) is 13.8 Å². The Kier molecular flexibility index (Phi) is 5.42. The summed E-state index contributed by atoms with van der Waals surface area (Å²) < 4.78 is 37.9. The number of nitrogens with zero attached hydrogens (tertiary/aromatic N) is 2. The standard InChI is InChI=1S/C12H20F3N3/c1-9(2)17-11(6-16)8-18-5-3-4-10(7-18)12(13,14)15/h9-11,17H,3-5,7-8H2,1-2H3. The highest BCUT2D eigenvalue weighted by molar-refractivity contribution is 4.94. The number of nitrogens with one attached hydrogen (secondary N) is 1. The van der Waals surface area contributed by atoms with Gasteiger partial charge in [-0.15, -0.1) is 0 Å². The lowest BCUT2D eigenvalue weighted by Crippen LogP contribution is -2.48. The molecule has 0 bridgehead atoms. The molecule has 6 heteroatoms. The minimum Gasteiger partial charge on any atom is -0.300 e. The lowest BCUT2D eigenvalue weighted by atomic mass is 9.97. The maximum atomic E-state index is 12.6. The molecule has 0 aromatic carbocycles. The zero-order valence-corrected chi connectivity index (χ0v) is 10.8. The number of hydrogen-bond acceptors (Lipinski definition) is 3. The van der Waals surface area contributed by atoms with Gasteiger partial charge in [-0.2, -0.15) is 18.4 Å². The van der Waals surface area contributed by atoms with Gasteiger partial charge in [0.1, 0.15) is 6.04 Å². The number of halogens is 3. The van der Waals surface area contributed by atoms with Gasteiger partial charge in [-0.25, -0.2) is 0 Å². The van der Waals surface area contributed by atoms with Gasteiger partial charge < -0.3 is 4.90 Å². The van der Waals surface area contributed by atoms with Gasteiger partial charge >= 0.3 is 6.18 Å². The third-order valence-corrected chi connectivity index (χ3v) is 3.10. The summed E-state index contributed by atoms with van der Waals surface area (Å²) in [7, 11) is 0. The second-order valence-corrected chi connectivity index (χ2v) is 5.14. The van der Waals surface area contributed by atoms with E-state index in [1.165, 1.54) is 0 Å². The Morgan fingerprint density at radius 2 is 2.11 bits per heavy atom. The van der Waals surface area contributed by atoms with E-state index in [9.17, 15) is 13.2 Å². The zero-order chi connectivity index (χ0) is 13.8. The van der Waals surface area contributed by atoms with Crippen LogP contribution in [-0.4, -0.2) is 42.8 Å². The number of piperidine rings is 1. The van der Waals surface area contributed by atoms with Crippen molar-refractivity contribution in [3.05, 3.63) is 0 Å². The first-order valence-corrected chi connectivity index (χ1v) is 6.27. The highest BCUT2D eigenvalue weighted by Crippen LogP contribution is 2.33. The van der Waals surface area contributed by atoms with E-state index in [1.54, 1.807) is 4.90 Å². The molecule has 1 fully saturated rings. The van der Waals surface area contributed by atoms with Gasteiger partial charge in [-0.1, -0.05) is 0 Å². The first-order valence-electron chi connectivity index (χ1n) is 6.27. The Balaban J connectivity index is 2.49. The molecule has 1 heterocycles. The molecular formula is C12H20F3N3. The van der Waals surface area contributed by atoms with Gasteiger partial charge in [-0.05, 0) is 33.2 Å². The molecule has 0 aromatic rings. The molecule has 2 atom stereocenters. The normalized spacial score (nSPS) is 23.9. The fourth-order valence-corrected chi connectivity index (χ4v) is 2.28. The molecule has 2 unspecified atom stereocenters. The summed E-state index contributed by atoms with van der Waals surface area (Å²) in [5, 5.41) is 12.0. The van der Waals surface area contributed by atoms with E-state index in [2.05, 4.69) is 11.4 Å². The van der Waals surface area contributed by atoms with E-state index in [0.717, 1.165) is 0 Å². The molecule has 18 heavy (non-hydrogen) atoms. The van der Waals surface area contributed by atoms with Gasteiger partial charge in [0, 0.05) is 19.1 Å². The van der Waals surface area contributed by atoms with Crippen LogP contribution in [0.5, 0.6) is 0 Å². The van der Waals surface area contributed by atoms with E-state index in [4.69, 9.17) is 5.26 Å². The predicted octanol–water partition coefficient (Wildman–Crippen LogP) is 2.15. The molecule has 0 spiro atoms. The fourth-order valence-electron chi connectivity index (χ4n) is 2.28. The van der Waals surface area contributed by atoms with Crippen LogP contribution < -0.4 is 5.32 Å².